The van der Waals surface area contributed by atoms with Gasteiger partial charge in [-0.3, -0.25) is 4.79 Å². The summed E-state index contributed by atoms with van der Waals surface area (Å²) in [6, 6.07) is 6.37. The van der Waals surface area contributed by atoms with Crippen LogP contribution in [0.15, 0.2) is 30.3 Å². The van der Waals surface area contributed by atoms with Gasteiger partial charge < -0.3 is 10.2 Å². The number of carbonyl (C=O) groups is 1. The Bertz CT molecular complexity index is 436. The predicted molar refractivity (Wildman–Crippen MR) is 83.5 cm³/mol. The molecule has 0 atom stereocenters. The Morgan fingerprint density at radius 2 is 2.00 bits per heavy atom. The third-order valence-electron chi connectivity index (χ3n) is 2.65. The van der Waals surface area contributed by atoms with Crippen molar-refractivity contribution < 1.29 is 9.18 Å². The van der Waals surface area contributed by atoms with Crippen molar-refractivity contribution in [1.29, 1.82) is 0 Å². The van der Waals surface area contributed by atoms with Crippen LogP contribution in [0, 0.1) is 5.82 Å². The monoisotopic (exact) mass is 300 g/mol. The molecule has 5 heteroatoms. The largest absolute Gasteiger partial charge is 0.353 e. The van der Waals surface area contributed by atoms with Crippen molar-refractivity contribution in [1.82, 2.24) is 10.2 Å². The maximum atomic E-state index is 13.3. The van der Waals surface area contributed by atoms with Gasteiger partial charge >= 0.3 is 0 Å². The number of nitrogens with zero attached hydrogens (tertiary/aromatic N) is 1. The lowest BCUT2D eigenvalue weighted by Gasteiger charge is -2.08. The highest BCUT2D eigenvalue weighted by Gasteiger charge is 1.98. The number of carbonyl (C=O) groups excluding carboxylic acids is 1. The first kappa shape index (κ1) is 18.6. The molecule has 0 saturated heterocycles. The van der Waals surface area contributed by atoms with Crippen LogP contribution in [0.5, 0.6) is 0 Å². The van der Waals surface area contributed by atoms with E-state index in [0.717, 1.165) is 19.4 Å². The highest BCUT2D eigenvalue weighted by Crippen LogP contribution is 2.07. The van der Waals surface area contributed by atoms with E-state index in [0.29, 0.717) is 12.1 Å². The Hall–Kier alpha value is -1.39. The average Bonchev–Trinajstić information content (AvgIpc) is 2.37. The normalized spacial score (nSPS) is 10.6. The molecule has 0 radical (unpaired) electrons. The van der Waals surface area contributed by atoms with Crippen molar-refractivity contribution in [3.63, 3.8) is 0 Å². The summed E-state index contributed by atoms with van der Waals surface area (Å²) < 4.78 is 13.3. The summed E-state index contributed by atoms with van der Waals surface area (Å²) in [5.41, 5.74) is 0.422. The second kappa shape index (κ2) is 10.4. The van der Waals surface area contributed by atoms with E-state index in [4.69, 9.17) is 0 Å². The lowest BCUT2D eigenvalue weighted by Crippen LogP contribution is -2.23. The third-order valence-corrected chi connectivity index (χ3v) is 2.65. The van der Waals surface area contributed by atoms with E-state index in [1.54, 1.807) is 18.2 Å². The highest BCUT2D eigenvalue weighted by atomic mass is 35.5. The van der Waals surface area contributed by atoms with Gasteiger partial charge in [0.05, 0.1) is 0 Å². The first-order chi connectivity index (χ1) is 9.09. The zero-order valence-corrected chi connectivity index (χ0v) is 12.8. The Morgan fingerprint density at radius 1 is 1.30 bits per heavy atom. The van der Waals surface area contributed by atoms with Gasteiger partial charge in [-0.2, -0.15) is 0 Å². The zero-order valence-electron chi connectivity index (χ0n) is 11.9. The smallest absolute Gasteiger partial charge is 0.244 e. The lowest BCUT2D eigenvalue weighted by atomic mass is 10.2. The van der Waals surface area contributed by atoms with E-state index in [1.807, 2.05) is 14.1 Å². The van der Waals surface area contributed by atoms with Gasteiger partial charge in [0, 0.05) is 18.2 Å². The molecule has 0 aliphatic rings. The summed E-state index contributed by atoms with van der Waals surface area (Å²) in [6.45, 7) is 1.66. The van der Waals surface area contributed by atoms with Gasteiger partial charge in [0.25, 0.3) is 0 Å². The molecule has 0 aliphatic carbocycles. The Balaban J connectivity index is 0.00000361. The van der Waals surface area contributed by atoms with Crippen molar-refractivity contribution in [2.75, 3.05) is 27.2 Å². The quantitative estimate of drug-likeness (QED) is 0.620. The van der Waals surface area contributed by atoms with E-state index in [-0.39, 0.29) is 24.1 Å². The molecule has 0 aromatic heterocycles. The minimum absolute atomic E-state index is 0. The number of nitrogens with one attached hydrogen (secondary N) is 1. The van der Waals surface area contributed by atoms with E-state index < -0.39 is 0 Å². The molecule has 0 unspecified atom stereocenters. The van der Waals surface area contributed by atoms with Crippen LogP contribution in [0.4, 0.5) is 4.39 Å². The number of hydrogen-bond acceptors (Lipinski definition) is 2. The number of hydrogen-bond donors (Lipinski definition) is 1. The van der Waals surface area contributed by atoms with E-state index in [9.17, 15) is 9.18 Å². The molecule has 0 heterocycles. The van der Waals surface area contributed by atoms with Gasteiger partial charge in [0.2, 0.25) is 5.91 Å². The maximum absolute atomic E-state index is 13.3. The number of benzene rings is 1. The lowest BCUT2D eigenvalue weighted by molar-refractivity contribution is -0.116. The fourth-order valence-electron chi connectivity index (χ4n) is 1.60. The fraction of sp³-hybridized carbons (Fsp3) is 0.400. The van der Waals surface area contributed by atoms with E-state index >= 15 is 0 Å². The molecule has 0 fully saturated rings. The van der Waals surface area contributed by atoms with Crippen molar-refractivity contribution in [3.05, 3.63) is 41.7 Å². The second-order valence-electron chi connectivity index (χ2n) is 4.66. The Kier molecular flexibility index (Phi) is 9.68. The van der Waals surface area contributed by atoms with Crippen LogP contribution in [-0.4, -0.2) is 38.0 Å². The molecule has 0 aliphatic heterocycles. The maximum Gasteiger partial charge on any atom is 0.244 e. The van der Waals surface area contributed by atoms with Crippen LogP contribution in [0.2, 0.25) is 0 Å². The molecule has 0 saturated carbocycles. The van der Waals surface area contributed by atoms with E-state index in [1.165, 1.54) is 18.2 Å². The summed E-state index contributed by atoms with van der Waals surface area (Å²) >= 11 is 0. The summed E-state index contributed by atoms with van der Waals surface area (Å²) in [5, 5.41) is 2.78. The fourth-order valence-corrected chi connectivity index (χ4v) is 1.60. The van der Waals surface area contributed by atoms with E-state index in [2.05, 4.69) is 10.2 Å². The predicted octanol–water partition coefficient (Wildman–Crippen LogP) is 2.72. The Morgan fingerprint density at radius 3 is 2.65 bits per heavy atom. The minimum Gasteiger partial charge on any atom is -0.353 e. The number of unbranched alkanes of at least 4 members (excludes halogenated alkanes) is 1. The summed E-state index contributed by atoms with van der Waals surface area (Å²) in [7, 11) is 4.05. The van der Waals surface area contributed by atoms with Gasteiger partial charge in [-0.15, -0.1) is 12.4 Å². The third kappa shape index (κ3) is 7.92. The molecule has 1 amide bonds. The van der Waals surface area contributed by atoms with Gasteiger partial charge in [-0.05, 0) is 45.6 Å². The number of amides is 1. The molecule has 1 rings (SSSR count). The topological polar surface area (TPSA) is 32.3 Å². The van der Waals surface area contributed by atoms with Crippen LogP contribution in [0.1, 0.15) is 18.4 Å². The van der Waals surface area contributed by atoms with Gasteiger partial charge in [-0.1, -0.05) is 18.2 Å². The number of rotatable bonds is 7. The molecule has 3 nitrogen and oxygen atoms in total. The van der Waals surface area contributed by atoms with Crippen LogP contribution in [0.3, 0.4) is 0 Å². The molecule has 1 N–H and O–H groups in total. The summed E-state index contributed by atoms with van der Waals surface area (Å²) in [5.74, 6) is -0.509. The molecule has 20 heavy (non-hydrogen) atoms. The minimum atomic E-state index is -0.322. The van der Waals surface area contributed by atoms with Crippen LogP contribution < -0.4 is 5.32 Å². The van der Waals surface area contributed by atoms with Crippen molar-refractivity contribution in [3.8, 4) is 0 Å². The van der Waals surface area contributed by atoms with Crippen LogP contribution in [-0.2, 0) is 4.79 Å². The summed E-state index contributed by atoms with van der Waals surface area (Å²) in [4.78, 5) is 13.6. The first-order valence-corrected chi connectivity index (χ1v) is 6.45. The van der Waals surface area contributed by atoms with Gasteiger partial charge in [-0.25, -0.2) is 4.39 Å². The second-order valence-corrected chi connectivity index (χ2v) is 4.66. The van der Waals surface area contributed by atoms with Crippen molar-refractivity contribution in [2.24, 2.45) is 0 Å². The average molecular weight is 301 g/mol. The summed E-state index contributed by atoms with van der Waals surface area (Å²) in [6.07, 6.45) is 4.84. The molecule has 1 aromatic rings. The van der Waals surface area contributed by atoms with Crippen LogP contribution >= 0.6 is 12.4 Å². The van der Waals surface area contributed by atoms with Crippen LogP contribution in [0.25, 0.3) is 6.08 Å². The molecular formula is C15H22ClFN2O. The van der Waals surface area contributed by atoms with Crippen molar-refractivity contribution in [2.45, 2.75) is 12.8 Å². The standard InChI is InChI=1S/C15H21FN2O.ClH/c1-18(2)12-6-5-11-17-15(19)10-9-13-7-3-4-8-14(13)16;/h3-4,7-10H,5-6,11-12H2,1-2H3,(H,17,19);1H/b10-9+;. The zero-order chi connectivity index (χ0) is 14.1. The molecular weight excluding hydrogens is 279 g/mol. The molecule has 0 bridgehead atoms. The highest BCUT2D eigenvalue weighted by molar-refractivity contribution is 5.91. The van der Waals surface area contributed by atoms with Gasteiger partial charge in [0.1, 0.15) is 5.82 Å². The number of halogens is 2. The molecule has 1 aromatic carbocycles. The van der Waals surface area contributed by atoms with Gasteiger partial charge in [0.15, 0.2) is 0 Å². The first-order valence-electron chi connectivity index (χ1n) is 6.45. The Labute approximate surface area is 126 Å². The molecule has 0 spiro atoms. The van der Waals surface area contributed by atoms with Crippen molar-refractivity contribution >= 4 is 24.4 Å². The SMILES string of the molecule is CN(C)CCCCNC(=O)/C=C/c1ccccc1F.Cl. The molecule has 112 valence electrons.